The van der Waals surface area contributed by atoms with Gasteiger partial charge in [0.15, 0.2) is 0 Å². The molecule has 0 saturated heterocycles. The summed E-state index contributed by atoms with van der Waals surface area (Å²) in [4.78, 5) is 0.291. The van der Waals surface area contributed by atoms with E-state index >= 15 is 0 Å². The SMILES string of the molecule is CCN(CC)S(=O)(=O)c1ccc(CC(O)c2ccccc2)cc1. The van der Waals surface area contributed by atoms with Gasteiger partial charge in [-0.1, -0.05) is 56.3 Å². The van der Waals surface area contributed by atoms with E-state index in [0.29, 0.717) is 24.4 Å². The number of hydrogen-bond acceptors (Lipinski definition) is 3. The normalized spacial score (nSPS) is 13.2. The molecule has 1 unspecified atom stereocenters. The summed E-state index contributed by atoms with van der Waals surface area (Å²) in [6.07, 6.45) is -0.142. The van der Waals surface area contributed by atoms with E-state index in [9.17, 15) is 13.5 Å². The van der Waals surface area contributed by atoms with Gasteiger partial charge < -0.3 is 5.11 Å². The van der Waals surface area contributed by atoms with Crippen molar-refractivity contribution in [2.75, 3.05) is 13.1 Å². The number of hydrogen-bond donors (Lipinski definition) is 1. The Hall–Kier alpha value is -1.69. The van der Waals surface area contributed by atoms with Crippen LogP contribution in [0, 0.1) is 0 Å². The molecular formula is C18H23NO3S. The molecule has 0 aromatic heterocycles. The van der Waals surface area contributed by atoms with Crippen LogP contribution in [0.3, 0.4) is 0 Å². The number of benzene rings is 2. The van der Waals surface area contributed by atoms with Crippen LogP contribution in [-0.4, -0.2) is 30.9 Å². The number of aliphatic hydroxyl groups excluding tert-OH is 1. The van der Waals surface area contributed by atoms with Crippen molar-refractivity contribution in [2.45, 2.75) is 31.3 Å². The smallest absolute Gasteiger partial charge is 0.243 e. The third-order valence-corrected chi connectivity index (χ3v) is 5.94. The fourth-order valence-corrected chi connectivity index (χ4v) is 3.98. The van der Waals surface area contributed by atoms with Crippen molar-refractivity contribution >= 4 is 10.0 Å². The Labute approximate surface area is 138 Å². The van der Waals surface area contributed by atoms with E-state index < -0.39 is 16.1 Å². The lowest BCUT2D eigenvalue weighted by atomic mass is 10.0. The fraction of sp³-hybridized carbons (Fsp3) is 0.333. The highest BCUT2D eigenvalue weighted by Gasteiger charge is 2.21. The Balaban J connectivity index is 2.14. The van der Waals surface area contributed by atoms with Crippen molar-refractivity contribution < 1.29 is 13.5 Å². The summed E-state index contributed by atoms with van der Waals surface area (Å²) < 4.78 is 26.3. The van der Waals surface area contributed by atoms with E-state index in [0.717, 1.165) is 11.1 Å². The third-order valence-electron chi connectivity index (χ3n) is 3.88. The predicted octanol–water partition coefficient (Wildman–Crippen LogP) is 2.99. The molecule has 124 valence electrons. The van der Waals surface area contributed by atoms with Gasteiger partial charge in [0, 0.05) is 19.5 Å². The monoisotopic (exact) mass is 333 g/mol. The van der Waals surface area contributed by atoms with Crippen molar-refractivity contribution in [2.24, 2.45) is 0 Å². The van der Waals surface area contributed by atoms with Crippen LogP contribution >= 0.6 is 0 Å². The second-order valence-electron chi connectivity index (χ2n) is 5.36. The minimum absolute atomic E-state index is 0.291. The summed E-state index contributed by atoms with van der Waals surface area (Å²) in [6.45, 7) is 4.55. The van der Waals surface area contributed by atoms with Crippen LogP contribution in [0.2, 0.25) is 0 Å². The maximum absolute atomic E-state index is 12.4. The van der Waals surface area contributed by atoms with Crippen LogP contribution in [0.25, 0.3) is 0 Å². The minimum Gasteiger partial charge on any atom is -0.388 e. The third kappa shape index (κ3) is 4.19. The zero-order valence-electron chi connectivity index (χ0n) is 13.5. The van der Waals surface area contributed by atoms with Crippen LogP contribution in [0.5, 0.6) is 0 Å². The second kappa shape index (κ2) is 7.73. The van der Waals surface area contributed by atoms with E-state index in [2.05, 4.69) is 0 Å². The van der Waals surface area contributed by atoms with E-state index in [1.54, 1.807) is 24.3 Å². The first kappa shape index (κ1) is 17.7. The van der Waals surface area contributed by atoms with Gasteiger partial charge in [-0.3, -0.25) is 0 Å². The van der Waals surface area contributed by atoms with Gasteiger partial charge in [0.25, 0.3) is 0 Å². The number of nitrogens with zero attached hydrogens (tertiary/aromatic N) is 1. The molecule has 0 amide bonds. The topological polar surface area (TPSA) is 57.6 Å². The van der Waals surface area contributed by atoms with Gasteiger partial charge in [-0.2, -0.15) is 4.31 Å². The molecule has 2 aromatic carbocycles. The maximum atomic E-state index is 12.4. The summed E-state index contributed by atoms with van der Waals surface area (Å²) in [5, 5.41) is 10.2. The highest BCUT2D eigenvalue weighted by Crippen LogP contribution is 2.21. The molecule has 1 N–H and O–H groups in total. The molecule has 5 heteroatoms. The Morgan fingerprint density at radius 3 is 2.04 bits per heavy atom. The second-order valence-corrected chi connectivity index (χ2v) is 7.30. The zero-order valence-corrected chi connectivity index (χ0v) is 14.3. The van der Waals surface area contributed by atoms with Crippen molar-refractivity contribution in [3.63, 3.8) is 0 Å². The van der Waals surface area contributed by atoms with Crippen molar-refractivity contribution in [3.8, 4) is 0 Å². The number of aliphatic hydroxyl groups is 1. The first-order valence-electron chi connectivity index (χ1n) is 7.81. The molecule has 23 heavy (non-hydrogen) atoms. The fourth-order valence-electron chi connectivity index (χ4n) is 2.53. The Bertz CT molecular complexity index is 708. The number of rotatable bonds is 7. The average Bonchev–Trinajstić information content (AvgIpc) is 2.57. The van der Waals surface area contributed by atoms with Crippen LogP contribution in [0.15, 0.2) is 59.5 Å². The van der Waals surface area contributed by atoms with Gasteiger partial charge >= 0.3 is 0 Å². The quantitative estimate of drug-likeness (QED) is 0.847. The molecule has 0 radical (unpaired) electrons. The van der Waals surface area contributed by atoms with E-state index in [1.165, 1.54) is 4.31 Å². The summed E-state index contributed by atoms with van der Waals surface area (Å²) in [7, 11) is -3.43. The van der Waals surface area contributed by atoms with Crippen LogP contribution < -0.4 is 0 Å². The van der Waals surface area contributed by atoms with Crippen molar-refractivity contribution in [1.29, 1.82) is 0 Å². The maximum Gasteiger partial charge on any atom is 0.243 e. The summed E-state index contributed by atoms with van der Waals surface area (Å²) in [5.74, 6) is 0. The van der Waals surface area contributed by atoms with Crippen molar-refractivity contribution in [1.82, 2.24) is 4.31 Å². The van der Waals surface area contributed by atoms with E-state index in [1.807, 2.05) is 44.2 Å². The molecule has 0 saturated carbocycles. The molecule has 2 rings (SSSR count). The molecule has 4 nitrogen and oxygen atoms in total. The van der Waals surface area contributed by atoms with Crippen LogP contribution in [0.1, 0.15) is 31.1 Å². The van der Waals surface area contributed by atoms with Crippen LogP contribution in [-0.2, 0) is 16.4 Å². The molecule has 0 aliphatic carbocycles. The van der Waals surface area contributed by atoms with Gasteiger partial charge in [-0.15, -0.1) is 0 Å². The number of sulfonamides is 1. The molecule has 2 aromatic rings. The lowest BCUT2D eigenvalue weighted by Crippen LogP contribution is -2.30. The Kier molecular flexibility index (Phi) is 5.93. The lowest BCUT2D eigenvalue weighted by molar-refractivity contribution is 0.178. The molecule has 0 aliphatic rings. The van der Waals surface area contributed by atoms with Crippen molar-refractivity contribution in [3.05, 3.63) is 65.7 Å². The Morgan fingerprint density at radius 2 is 1.52 bits per heavy atom. The summed E-state index contributed by atoms with van der Waals surface area (Å²) in [6, 6.07) is 16.2. The van der Waals surface area contributed by atoms with E-state index in [4.69, 9.17) is 0 Å². The molecule has 0 fully saturated rings. The minimum atomic E-state index is -3.43. The summed E-state index contributed by atoms with van der Waals surface area (Å²) >= 11 is 0. The van der Waals surface area contributed by atoms with Gasteiger partial charge in [0.05, 0.1) is 11.0 Å². The first-order chi connectivity index (χ1) is 11.0. The van der Waals surface area contributed by atoms with Gasteiger partial charge in [-0.05, 0) is 23.3 Å². The molecular weight excluding hydrogens is 310 g/mol. The zero-order chi connectivity index (χ0) is 16.9. The molecule has 0 bridgehead atoms. The average molecular weight is 333 g/mol. The highest BCUT2D eigenvalue weighted by atomic mass is 32.2. The Morgan fingerprint density at radius 1 is 0.957 bits per heavy atom. The molecule has 0 aliphatic heterocycles. The first-order valence-corrected chi connectivity index (χ1v) is 9.25. The molecule has 0 heterocycles. The van der Waals surface area contributed by atoms with E-state index in [-0.39, 0.29) is 0 Å². The molecule has 0 spiro atoms. The van der Waals surface area contributed by atoms with Crippen LogP contribution in [0.4, 0.5) is 0 Å². The largest absolute Gasteiger partial charge is 0.388 e. The van der Waals surface area contributed by atoms with Gasteiger partial charge in [0.2, 0.25) is 10.0 Å². The predicted molar refractivity (Wildman–Crippen MR) is 91.7 cm³/mol. The molecule has 1 atom stereocenters. The summed E-state index contributed by atoms with van der Waals surface area (Å²) in [5.41, 5.74) is 1.76. The highest BCUT2D eigenvalue weighted by molar-refractivity contribution is 7.89. The lowest BCUT2D eigenvalue weighted by Gasteiger charge is -2.18. The van der Waals surface area contributed by atoms with Gasteiger partial charge in [0.1, 0.15) is 0 Å². The standard InChI is InChI=1S/C18H23NO3S/c1-3-19(4-2)23(21,22)17-12-10-15(11-13-17)14-18(20)16-8-6-5-7-9-16/h5-13,18,20H,3-4,14H2,1-2H3. The van der Waals surface area contributed by atoms with Gasteiger partial charge in [-0.25, -0.2) is 8.42 Å².